The maximum Gasteiger partial charge on any atom is 0.305 e. The van der Waals surface area contributed by atoms with Crippen molar-refractivity contribution in [1.29, 1.82) is 0 Å². The number of carboxylic acids is 1. The van der Waals surface area contributed by atoms with Crippen LogP contribution in [0.25, 0.3) is 0 Å². The normalized spacial score (nSPS) is 11.3. The predicted octanol–water partition coefficient (Wildman–Crippen LogP) is 2.66. The molecule has 7 nitrogen and oxygen atoms in total. The van der Waals surface area contributed by atoms with Crippen molar-refractivity contribution in [3.63, 3.8) is 0 Å². The zero-order valence-corrected chi connectivity index (χ0v) is 14.8. The van der Waals surface area contributed by atoms with Gasteiger partial charge in [0, 0.05) is 0 Å². The second-order valence-corrected chi connectivity index (χ2v) is 5.44. The lowest BCUT2D eigenvalue weighted by Crippen LogP contribution is -2.30. The van der Waals surface area contributed by atoms with E-state index in [2.05, 4.69) is 5.32 Å². The van der Waals surface area contributed by atoms with Gasteiger partial charge in [-0.1, -0.05) is 18.2 Å². The number of hydrogen-bond acceptors (Lipinski definition) is 5. The number of ether oxygens (including phenoxy) is 3. The molecule has 0 heterocycles. The summed E-state index contributed by atoms with van der Waals surface area (Å²) in [6, 6.07) is 11.1. The molecule has 0 fully saturated rings. The fourth-order valence-electron chi connectivity index (χ4n) is 2.56. The standard InChI is InChI=1S/C19H21NO6/c1-24-13-9-7-12(8-10-13)15(11-17(21)22)20-19(23)14-5-4-6-16(25-2)18(14)26-3/h4-10,15H,11H2,1-3H3,(H,20,23)(H,21,22). The first-order valence-corrected chi connectivity index (χ1v) is 7.87. The van der Waals surface area contributed by atoms with Gasteiger partial charge in [0.15, 0.2) is 11.5 Å². The van der Waals surface area contributed by atoms with E-state index in [9.17, 15) is 14.7 Å². The Bertz CT molecular complexity index is 772. The van der Waals surface area contributed by atoms with Crippen molar-refractivity contribution in [2.45, 2.75) is 12.5 Å². The SMILES string of the molecule is COc1ccc(C(CC(=O)O)NC(=O)c2cccc(OC)c2OC)cc1. The molecule has 0 saturated heterocycles. The highest BCUT2D eigenvalue weighted by Gasteiger charge is 2.22. The van der Waals surface area contributed by atoms with Crippen molar-refractivity contribution in [3.05, 3.63) is 53.6 Å². The van der Waals surface area contributed by atoms with Gasteiger partial charge in [0.2, 0.25) is 0 Å². The van der Waals surface area contributed by atoms with Crippen LogP contribution >= 0.6 is 0 Å². The minimum absolute atomic E-state index is 0.260. The smallest absolute Gasteiger partial charge is 0.305 e. The Morgan fingerprint density at radius 2 is 1.69 bits per heavy atom. The number of hydrogen-bond donors (Lipinski definition) is 2. The van der Waals surface area contributed by atoms with E-state index >= 15 is 0 Å². The molecular formula is C19H21NO6. The number of carbonyl (C=O) groups excluding carboxylic acids is 1. The molecular weight excluding hydrogens is 338 g/mol. The summed E-state index contributed by atoms with van der Waals surface area (Å²) in [5, 5.41) is 11.9. The fourth-order valence-corrected chi connectivity index (χ4v) is 2.56. The van der Waals surface area contributed by atoms with E-state index in [1.807, 2.05) is 0 Å². The van der Waals surface area contributed by atoms with E-state index < -0.39 is 17.9 Å². The number of carboxylic acid groups (broad SMARTS) is 1. The summed E-state index contributed by atoms with van der Waals surface area (Å²) >= 11 is 0. The Kier molecular flexibility index (Phi) is 6.43. The fraction of sp³-hybridized carbons (Fsp3) is 0.263. The third kappa shape index (κ3) is 4.44. The number of carbonyl (C=O) groups is 2. The topological polar surface area (TPSA) is 94.1 Å². The van der Waals surface area contributed by atoms with Crippen molar-refractivity contribution in [1.82, 2.24) is 5.32 Å². The van der Waals surface area contributed by atoms with E-state index in [1.54, 1.807) is 49.6 Å². The quantitative estimate of drug-likeness (QED) is 0.753. The number of benzene rings is 2. The molecule has 2 aromatic rings. The molecule has 0 saturated carbocycles. The lowest BCUT2D eigenvalue weighted by atomic mass is 10.0. The van der Waals surface area contributed by atoms with Crippen LogP contribution in [-0.4, -0.2) is 38.3 Å². The van der Waals surface area contributed by atoms with Crippen molar-refractivity contribution < 1.29 is 28.9 Å². The molecule has 0 bridgehead atoms. The number of rotatable bonds is 8. The van der Waals surface area contributed by atoms with Crippen LogP contribution in [0, 0.1) is 0 Å². The highest BCUT2D eigenvalue weighted by molar-refractivity contribution is 5.98. The van der Waals surface area contributed by atoms with Gasteiger partial charge in [-0.15, -0.1) is 0 Å². The van der Waals surface area contributed by atoms with Crippen LogP contribution in [0.3, 0.4) is 0 Å². The lowest BCUT2D eigenvalue weighted by molar-refractivity contribution is -0.137. The predicted molar refractivity (Wildman–Crippen MR) is 95.0 cm³/mol. The van der Waals surface area contributed by atoms with Gasteiger partial charge in [0.25, 0.3) is 5.91 Å². The number of para-hydroxylation sites is 1. The number of nitrogens with one attached hydrogen (secondary N) is 1. The minimum Gasteiger partial charge on any atom is -0.497 e. The number of amides is 1. The second kappa shape index (κ2) is 8.75. The van der Waals surface area contributed by atoms with Crippen LogP contribution in [0.2, 0.25) is 0 Å². The molecule has 1 amide bonds. The first-order chi connectivity index (χ1) is 12.5. The van der Waals surface area contributed by atoms with Crippen LogP contribution < -0.4 is 19.5 Å². The van der Waals surface area contributed by atoms with E-state index in [4.69, 9.17) is 14.2 Å². The zero-order chi connectivity index (χ0) is 19.1. The van der Waals surface area contributed by atoms with Crippen LogP contribution in [0.15, 0.2) is 42.5 Å². The van der Waals surface area contributed by atoms with Crippen molar-refractivity contribution in [2.75, 3.05) is 21.3 Å². The lowest BCUT2D eigenvalue weighted by Gasteiger charge is -2.19. The molecule has 7 heteroatoms. The third-order valence-electron chi connectivity index (χ3n) is 3.85. The highest BCUT2D eigenvalue weighted by Crippen LogP contribution is 2.31. The molecule has 1 unspecified atom stereocenters. The Morgan fingerprint density at radius 1 is 1.00 bits per heavy atom. The highest BCUT2D eigenvalue weighted by atomic mass is 16.5. The van der Waals surface area contributed by atoms with Gasteiger partial charge in [-0.3, -0.25) is 9.59 Å². The molecule has 0 radical (unpaired) electrons. The van der Waals surface area contributed by atoms with Crippen LogP contribution in [0.4, 0.5) is 0 Å². The Balaban J connectivity index is 2.30. The van der Waals surface area contributed by atoms with Crippen LogP contribution in [0.1, 0.15) is 28.4 Å². The third-order valence-corrected chi connectivity index (χ3v) is 3.85. The van der Waals surface area contributed by atoms with E-state index in [0.717, 1.165) is 0 Å². The molecule has 0 aliphatic heterocycles. The van der Waals surface area contributed by atoms with Gasteiger partial charge in [-0.2, -0.15) is 0 Å². The summed E-state index contributed by atoms with van der Waals surface area (Å²) < 4.78 is 15.6. The summed E-state index contributed by atoms with van der Waals surface area (Å²) in [5.74, 6) is -0.133. The Labute approximate surface area is 151 Å². The molecule has 1 atom stereocenters. The minimum atomic E-state index is -1.02. The van der Waals surface area contributed by atoms with E-state index in [-0.39, 0.29) is 17.7 Å². The molecule has 2 rings (SSSR count). The average Bonchev–Trinajstić information content (AvgIpc) is 2.66. The van der Waals surface area contributed by atoms with E-state index in [0.29, 0.717) is 17.1 Å². The molecule has 0 aromatic heterocycles. The molecule has 0 spiro atoms. The van der Waals surface area contributed by atoms with Gasteiger partial charge < -0.3 is 24.6 Å². The first-order valence-electron chi connectivity index (χ1n) is 7.87. The second-order valence-electron chi connectivity index (χ2n) is 5.44. The summed E-state index contributed by atoms with van der Waals surface area (Å²) in [5.41, 5.74) is 0.916. The maximum atomic E-state index is 12.7. The van der Waals surface area contributed by atoms with Crippen molar-refractivity contribution >= 4 is 11.9 Å². The molecule has 2 aromatic carbocycles. The Morgan fingerprint density at radius 3 is 2.23 bits per heavy atom. The number of methoxy groups -OCH3 is 3. The van der Waals surface area contributed by atoms with Gasteiger partial charge in [-0.05, 0) is 29.8 Å². The first kappa shape index (κ1) is 19.1. The largest absolute Gasteiger partial charge is 0.497 e. The van der Waals surface area contributed by atoms with E-state index in [1.165, 1.54) is 14.2 Å². The molecule has 138 valence electrons. The molecule has 0 aliphatic carbocycles. The summed E-state index contributed by atoms with van der Waals surface area (Å²) in [6.45, 7) is 0. The summed E-state index contributed by atoms with van der Waals surface area (Å²) in [4.78, 5) is 23.9. The van der Waals surface area contributed by atoms with Crippen molar-refractivity contribution in [2.24, 2.45) is 0 Å². The summed E-state index contributed by atoms with van der Waals surface area (Å²) in [7, 11) is 4.46. The Hall–Kier alpha value is -3.22. The molecule has 0 aliphatic rings. The average molecular weight is 359 g/mol. The van der Waals surface area contributed by atoms with Crippen molar-refractivity contribution in [3.8, 4) is 17.2 Å². The van der Waals surface area contributed by atoms with Gasteiger partial charge in [0.1, 0.15) is 5.75 Å². The molecule has 26 heavy (non-hydrogen) atoms. The monoisotopic (exact) mass is 359 g/mol. The van der Waals surface area contributed by atoms with Gasteiger partial charge in [0.05, 0.1) is 39.4 Å². The zero-order valence-electron chi connectivity index (χ0n) is 14.8. The van der Waals surface area contributed by atoms with Gasteiger partial charge in [-0.25, -0.2) is 0 Å². The summed E-state index contributed by atoms with van der Waals surface area (Å²) in [6.07, 6.45) is -0.260. The van der Waals surface area contributed by atoms with Crippen LogP contribution in [0.5, 0.6) is 17.2 Å². The maximum absolute atomic E-state index is 12.7. The van der Waals surface area contributed by atoms with Gasteiger partial charge >= 0.3 is 5.97 Å². The molecule has 2 N–H and O–H groups in total. The number of aliphatic carboxylic acids is 1. The van der Waals surface area contributed by atoms with Crippen LogP contribution in [-0.2, 0) is 4.79 Å².